The van der Waals surface area contributed by atoms with Gasteiger partial charge in [0, 0.05) is 38.3 Å². The summed E-state index contributed by atoms with van der Waals surface area (Å²) < 4.78 is 5.39. The summed E-state index contributed by atoms with van der Waals surface area (Å²) in [5, 5.41) is 2.77. The van der Waals surface area contributed by atoms with Gasteiger partial charge < -0.3 is 20.7 Å². The minimum Gasteiger partial charge on any atom is -0.495 e. The van der Waals surface area contributed by atoms with Gasteiger partial charge in [-0.3, -0.25) is 9.69 Å². The molecule has 28 heavy (non-hydrogen) atoms. The molecule has 1 aliphatic rings. The molecule has 0 radical (unpaired) electrons. The van der Waals surface area contributed by atoms with E-state index in [1.165, 1.54) is 5.56 Å². The summed E-state index contributed by atoms with van der Waals surface area (Å²) in [4.78, 5) is 28.5. The molecule has 0 saturated carbocycles. The molecule has 1 fully saturated rings. The largest absolute Gasteiger partial charge is 0.495 e. The molecule has 3 amide bonds. The molecule has 2 aromatic carbocycles. The zero-order chi connectivity index (χ0) is 19.9. The summed E-state index contributed by atoms with van der Waals surface area (Å²) in [7, 11) is 1.55. The lowest BCUT2D eigenvalue weighted by atomic mass is 10.1. The molecule has 7 heteroatoms. The lowest BCUT2D eigenvalue weighted by Crippen LogP contribution is -2.37. The zero-order valence-electron chi connectivity index (χ0n) is 16.1. The number of hydrogen-bond acceptors (Lipinski definition) is 4. The minimum atomic E-state index is -0.189. The van der Waals surface area contributed by atoms with Crippen LogP contribution in [0.2, 0.25) is 0 Å². The van der Waals surface area contributed by atoms with Crippen molar-refractivity contribution in [2.24, 2.45) is 5.73 Å². The van der Waals surface area contributed by atoms with Crippen molar-refractivity contribution in [3.63, 3.8) is 0 Å². The molecule has 3 N–H and O–H groups in total. The molecular formula is C21H26N4O3. The molecule has 1 aliphatic heterocycles. The smallest absolute Gasteiger partial charge is 0.322 e. The van der Waals surface area contributed by atoms with E-state index in [4.69, 9.17) is 10.5 Å². The van der Waals surface area contributed by atoms with E-state index in [9.17, 15) is 9.59 Å². The first-order valence-corrected chi connectivity index (χ1v) is 9.40. The number of benzene rings is 2. The van der Waals surface area contributed by atoms with Crippen molar-refractivity contribution in [3.05, 3.63) is 59.7 Å². The Hall–Kier alpha value is -3.06. The van der Waals surface area contributed by atoms with Crippen molar-refractivity contribution >= 4 is 17.6 Å². The summed E-state index contributed by atoms with van der Waals surface area (Å²) in [5.41, 5.74) is 8.01. The van der Waals surface area contributed by atoms with Gasteiger partial charge in [0.2, 0.25) is 0 Å². The van der Waals surface area contributed by atoms with Crippen molar-refractivity contribution in [2.75, 3.05) is 44.7 Å². The fraction of sp³-hybridized carbons (Fsp3) is 0.333. The van der Waals surface area contributed by atoms with Crippen LogP contribution in [-0.4, -0.2) is 56.7 Å². The summed E-state index contributed by atoms with van der Waals surface area (Å²) >= 11 is 0. The second-order valence-electron chi connectivity index (χ2n) is 6.59. The van der Waals surface area contributed by atoms with Gasteiger partial charge in [-0.1, -0.05) is 30.3 Å². The van der Waals surface area contributed by atoms with Crippen LogP contribution < -0.4 is 20.7 Å². The first kappa shape index (κ1) is 19.7. The Labute approximate surface area is 165 Å². The fourth-order valence-electron chi connectivity index (χ4n) is 3.30. The highest BCUT2D eigenvalue weighted by molar-refractivity contribution is 5.99. The number of carbonyl (C=O) groups excluding carboxylic acids is 2. The molecule has 1 saturated heterocycles. The highest BCUT2D eigenvalue weighted by Gasteiger charge is 2.26. The summed E-state index contributed by atoms with van der Waals surface area (Å²) in [6, 6.07) is 15.0. The molecule has 1 heterocycles. The number of methoxy groups -OCH3 is 1. The predicted molar refractivity (Wildman–Crippen MR) is 109 cm³/mol. The number of amides is 3. The van der Waals surface area contributed by atoms with Crippen LogP contribution in [0.3, 0.4) is 0 Å². The Kier molecular flexibility index (Phi) is 6.49. The van der Waals surface area contributed by atoms with Crippen LogP contribution in [0.5, 0.6) is 5.75 Å². The highest BCUT2D eigenvalue weighted by atomic mass is 16.5. The number of urea groups is 1. The molecule has 7 nitrogen and oxygen atoms in total. The first-order valence-electron chi connectivity index (χ1n) is 9.40. The maximum absolute atomic E-state index is 13.1. The molecule has 0 spiro atoms. The molecule has 0 bridgehead atoms. The Morgan fingerprint density at radius 3 is 2.64 bits per heavy atom. The Morgan fingerprint density at radius 2 is 2.00 bits per heavy atom. The van der Waals surface area contributed by atoms with Gasteiger partial charge in [0.15, 0.2) is 0 Å². The Balaban J connectivity index is 1.81. The van der Waals surface area contributed by atoms with Crippen LogP contribution in [0.1, 0.15) is 15.9 Å². The minimum absolute atomic E-state index is 0.107. The lowest BCUT2D eigenvalue weighted by molar-refractivity contribution is 0.0762. The number of nitrogens with one attached hydrogen (secondary N) is 1. The van der Waals surface area contributed by atoms with Gasteiger partial charge in [0.05, 0.1) is 12.8 Å². The highest BCUT2D eigenvalue weighted by Crippen LogP contribution is 2.31. The van der Waals surface area contributed by atoms with Gasteiger partial charge in [-0.05, 0) is 30.2 Å². The summed E-state index contributed by atoms with van der Waals surface area (Å²) in [5.74, 6) is 0.452. The Morgan fingerprint density at radius 1 is 1.21 bits per heavy atom. The van der Waals surface area contributed by atoms with Crippen molar-refractivity contribution in [3.8, 4) is 5.75 Å². The van der Waals surface area contributed by atoms with Crippen LogP contribution in [-0.2, 0) is 6.42 Å². The number of rotatable bonds is 8. The maximum atomic E-state index is 13.1. The van der Waals surface area contributed by atoms with Gasteiger partial charge in [0.1, 0.15) is 5.75 Å². The van der Waals surface area contributed by atoms with E-state index in [0.29, 0.717) is 49.7 Å². The van der Waals surface area contributed by atoms with E-state index in [0.717, 1.165) is 6.42 Å². The third-order valence-corrected chi connectivity index (χ3v) is 4.77. The molecule has 0 aromatic heterocycles. The molecule has 0 unspecified atom stereocenters. The predicted octanol–water partition coefficient (Wildman–Crippen LogP) is 1.87. The van der Waals surface area contributed by atoms with E-state index in [1.807, 2.05) is 30.3 Å². The third-order valence-electron chi connectivity index (χ3n) is 4.77. The zero-order valence-corrected chi connectivity index (χ0v) is 16.1. The fourth-order valence-corrected chi connectivity index (χ4v) is 3.30. The molecule has 148 valence electrons. The molecule has 3 rings (SSSR count). The average molecular weight is 382 g/mol. The van der Waals surface area contributed by atoms with Gasteiger partial charge in [0.25, 0.3) is 5.91 Å². The lowest BCUT2D eigenvalue weighted by Gasteiger charge is -2.24. The number of hydrogen-bond donors (Lipinski definition) is 2. The van der Waals surface area contributed by atoms with Gasteiger partial charge >= 0.3 is 6.03 Å². The van der Waals surface area contributed by atoms with E-state index >= 15 is 0 Å². The van der Waals surface area contributed by atoms with Crippen LogP contribution in [0, 0.1) is 0 Å². The van der Waals surface area contributed by atoms with Gasteiger partial charge in [-0.25, -0.2) is 4.79 Å². The van der Waals surface area contributed by atoms with Crippen molar-refractivity contribution in [1.29, 1.82) is 0 Å². The molecule has 0 atom stereocenters. The van der Waals surface area contributed by atoms with Gasteiger partial charge in [-0.2, -0.15) is 0 Å². The quantitative estimate of drug-likeness (QED) is 0.730. The molecule has 2 aromatic rings. The van der Waals surface area contributed by atoms with Crippen LogP contribution in [0.4, 0.5) is 10.5 Å². The third kappa shape index (κ3) is 4.43. The van der Waals surface area contributed by atoms with Crippen molar-refractivity contribution in [2.45, 2.75) is 6.42 Å². The van der Waals surface area contributed by atoms with Crippen LogP contribution in [0.25, 0.3) is 0 Å². The Bertz CT molecular complexity index is 826. The SMILES string of the molecule is COc1ccc(C(=O)N(CCN)CCc2ccccc2)cc1N1CCNC1=O. The van der Waals surface area contributed by atoms with Crippen molar-refractivity contribution in [1.82, 2.24) is 10.2 Å². The van der Waals surface area contributed by atoms with E-state index < -0.39 is 0 Å². The van der Waals surface area contributed by atoms with Gasteiger partial charge in [-0.15, -0.1) is 0 Å². The standard InChI is InChI=1S/C21H26N4O3/c1-28-19-8-7-17(15-18(19)25-14-11-23-21(25)27)20(26)24(13-10-22)12-9-16-5-3-2-4-6-16/h2-8,15H,9-14,22H2,1H3,(H,23,27). The number of carbonyl (C=O) groups is 2. The summed E-state index contributed by atoms with van der Waals surface area (Å²) in [6.07, 6.45) is 0.754. The van der Waals surface area contributed by atoms with Crippen LogP contribution >= 0.6 is 0 Å². The monoisotopic (exact) mass is 382 g/mol. The topological polar surface area (TPSA) is 87.9 Å². The maximum Gasteiger partial charge on any atom is 0.322 e. The van der Waals surface area contributed by atoms with E-state index in [1.54, 1.807) is 35.1 Å². The second-order valence-corrected chi connectivity index (χ2v) is 6.59. The second kappa shape index (κ2) is 9.23. The number of ether oxygens (including phenoxy) is 1. The molecular weight excluding hydrogens is 356 g/mol. The van der Waals surface area contributed by atoms with Crippen molar-refractivity contribution < 1.29 is 14.3 Å². The summed E-state index contributed by atoms with van der Waals surface area (Å²) in [6.45, 7) is 2.53. The van der Waals surface area contributed by atoms with Crippen LogP contribution in [0.15, 0.2) is 48.5 Å². The number of nitrogens with two attached hydrogens (primary N) is 1. The average Bonchev–Trinajstić information content (AvgIpc) is 3.16. The normalized spacial score (nSPS) is 13.4. The number of nitrogens with zero attached hydrogens (tertiary/aromatic N) is 2. The molecule has 0 aliphatic carbocycles. The van der Waals surface area contributed by atoms with E-state index in [-0.39, 0.29) is 11.9 Å². The van der Waals surface area contributed by atoms with E-state index in [2.05, 4.69) is 5.32 Å². The first-order chi connectivity index (χ1) is 13.6. The number of anilines is 1.